The van der Waals surface area contributed by atoms with E-state index in [-0.39, 0.29) is 19.3 Å². The molecule has 0 aliphatic carbocycles. The lowest BCUT2D eigenvalue weighted by molar-refractivity contribution is -0.134. The molecule has 0 heterocycles. The van der Waals surface area contributed by atoms with Crippen molar-refractivity contribution in [2.45, 2.75) is 25.8 Å². The van der Waals surface area contributed by atoms with Crippen LogP contribution in [0.3, 0.4) is 0 Å². The fourth-order valence-corrected chi connectivity index (χ4v) is 2.98. The molecule has 0 bridgehead atoms. The Hall–Kier alpha value is -2.74. The van der Waals surface area contributed by atoms with Crippen molar-refractivity contribution in [3.63, 3.8) is 0 Å². The van der Waals surface area contributed by atoms with Gasteiger partial charge >= 0.3 is 0 Å². The molecule has 0 radical (unpaired) electrons. The number of benzene rings is 2. The third-order valence-corrected chi connectivity index (χ3v) is 4.44. The Morgan fingerprint density at radius 1 is 1.00 bits per heavy atom. The SMILES string of the molecule is CCOCOCC(CC(Cc1ccccc1)C(=O)NO)NC(=O)c1ccccc1. The summed E-state index contributed by atoms with van der Waals surface area (Å²) in [5.74, 6) is -1.30. The van der Waals surface area contributed by atoms with Crippen molar-refractivity contribution in [2.24, 2.45) is 5.92 Å². The van der Waals surface area contributed by atoms with Gasteiger partial charge in [0.05, 0.1) is 12.6 Å². The lowest BCUT2D eigenvalue weighted by Gasteiger charge is -2.24. The van der Waals surface area contributed by atoms with Crippen molar-refractivity contribution in [1.82, 2.24) is 10.8 Å². The van der Waals surface area contributed by atoms with Crippen molar-refractivity contribution in [1.29, 1.82) is 0 Å². The van der Waals surface area contributed by atoms with Crippen LogP contribution in [-0.2, 0) is 20.7 Å². The number of hydrogen-bond donors (Lipinski definition) is 3. The predicted octanol–water partition coefficient (Wildman–Crippen LogP) is 2.55. The molecule has 7 nitrogen and oxygen atoms in total. The highest BCUT2D eigenvalue weighted by Crippen LogP contribution is 2.16. The maximum absolute atomic E-state index is 12.6. The molecule has 2 atom stereocenters. The first-order valence-corrected chi connectivity index (χ1v) is 9.63. The average molecular weight is 400 g/mol. The Morgan fingerprint density at radius 3 is 2.28 bits per heavy atom. The molecule has 7 heteroatoms. The summed E-state index contributed by atoms with van der Waals surface area (Å²) in [5, 5.41) is 12.1. The van der Waals surface area contributed by atoms with E-state index in [9.17, 15) is 9.59 Å². The van der Waals surface area contributed by atoms with E-state index >= 15 is 0 Å². The molecule has 2 aromatic carbocycles. The number of hydroxylamine groups is 1. The number of amides is 2. The van der Waals surface area contributed by atoms with E-state index in [1.807, 2.05) is 43.3 Å². The highest BCUT2D eigenvalue weighted by Gasteiger charge is 2.25. The highest BCUT2D eigenvalue weighted by molar-refractivity contribution is 5.94. The van der Waals surface area contributed by atoms with E-state index in [0.717, 1.165) is 5.56 Å². The molecule has 0 saturated carbocycles. The van der Waals surface area contributed by atoms with Crippen LogP contribution in [0.4, 0.5) is 0 Å². The van der Waals surface area contributed by atoms with Crippen molar-refractivity contribution >= 4 is 11.8 Å². The van der Waals surface area contributed by atoms with Gasteiger partial charge in [0.1, 0.15) is 6.79 Å². The summed E-state index contributed by atoms with van der Waals surface area (Å²) in [5.41, 5.74) is 3.22. The van der Waals surface area contributed by atoms with Crippen LogP contribution in [0, 0.1) is 5.92 Å². The maximum Gasteiger partial charge on any atom is 0.251 e. The fraction of sp³-hybridized carbons (Fsp3) is 0.364. The molecule has 2 aromatic rings. The monoisotopic (exact) mass is 400 g/mol. The average Bonchev–Trinajstić information content (AvgIpc) is 2.76. The molecule has 0 aliphatic rings. The van der Waals surface area contributed by atoms with Crippen molar-refractivity contribution in [3.05, 3.63) is 71.8 Å². The Morgan fingerprint density at radius 2 is 1.66 bits per heavy atom. The molecule has 0 spiro atoms. The largest absolute Gasteiger partial charge is 0.356 e. The molecule has 2 rings (SSSR count). The van der Waals surface area contributed by atoms with Crippen LogP contribution in [0.2, 0.25) is 0 Å². The highest BCUT2D eigenvalue weighted by atomic mass is 16.7. The summed E-state index contributed by atoms with van der Waals surface area (Å²) in [6, 6.07) is 17.9. The topological polar surface area (TPSA) is 96.9 Å². The van der Waals surface area contributed by atoms with Crippen LogP contribution in [0.25, 0.3) is 0 Å². The van der Waals surface area contributed by atoms with E-state index in [1.165, 1.54) is 0 Å². The zero-order valence-corrected chi connectivity index (χ0v) is 16.5. The minimum absolute atomic E-state index is 0.101. The molecule has 0 saturated heterocycles. The first-order valence-electron chi connectivity index (χ1n) is 9.63. The van der Waals surface area contributed by atoms with Gasteiger partial charge in [-0.05, 0) is 37.5 Å². The van der Waals surface area contributed by atoms with Crippen LogP contribution in [0.15, 0.2) is 60.7 Å². The lowest BCUT2D eigenvalue weighted by atomic mass is 9.92. The van der Waals surface area contributed by atoms with Crippen LogP contribution < -0.4 is 10.8 Å². The second-order valence-electron chi connectivity index (χ2n) is 6.62. The Balaban J connectivity index is 2.08. The quantitative estimate of drug-likeness (QED) is 0.220. The molecule has 0 aromatic heterocycles. The number of hydrogen-bond acceptors (Lipinski definition) is 5. The van der Waals surface area contributed by atoms with Crippen LogP contribution in [0.1, 0.15) is 29.3 Å². The first-order chi connectivity index (χ1) is 14.1. The van der Waals surface area contributed by atoms with Crippen molar-refractivity contribution in [3.8, 4) is 0 Å². The number of nitrogens with one attached hydrogen (secondary N) is 2. The first kappa shape index (κ1) is 22.5. The van der Waals surface area contributed by atoms with Gasteiger partial charge in [-0.25, -0.2) is 5.48 Å². The lowest BCUT2D eigenvalue weighted by Crippen LogP contribution is -2.42. The van der Waals surface area contributed by atoms with Crippen LogP contribution >= 0.6 is 0 Å². The van der Waals surface area contributed by atoms with E-state index in [1.54, 1.807) is 29.7 Å². The Bertz CT molecular complexity index is 739. The summed E-state index contributed by atoms with van der Waals surface area (Å²) in [7, 11) is 0. The zero-order valence-electron chi connectivity index (χ0n) is 16.5. The normalized spacial score (nSPS) is 12.8. The van der Waals surface area contributed by atoms with Gasteiger partial charge in [0.2, 0.25) is 5.91 Å². The minimum atomic E-state index is -0.542. The second kappa shape index (κ2) is 12.7. The summed E-state index contributed by atoms with van der Waals surface area (Å²) >= 11 is 0. The van der Waals surface area contributed by atoms with E-state index in [2.05, 4.69) is 5.32 Å². The van der Waals surface area contributed by atoms with Crippen LogP contribution in [-0.4, -0.2) is 43.1 Å². The van der Waals surface area contributed by atoms with Gasteiger partial charge in [-0.1, -0.05) is 48.5 Å². The summed E-state index contributed by atoms with van der Waals surface area (Å²) < 4.78 is 10.7. The molecule has 156 valence electrons. The molecule has 0 aliphatic heterocycles. The van der Waals surface area contributed by atoms with E-state index < -0.39 is 17.9 Å². The fourth-order valence-electron chi connectivity index (χ4n) is 2.98. The van der Waals surface area contributed by atoms with E-state index in [0.29, 0.717) is 25.0 Å². The number of carbonyl (C=O) groups excluding carboxylic acids is 2. The third-order valence-electron chi connectivity index (χ3n) is 4.44. The van der Waals surface area contributed by atoms with Gasteiger partial charge in [-0.2, -0.15) is 0 Å². The van der Waals surface area contributed by atoms with Gasteiger partial charge < -0.3 is 14.8 Å². The molecule has 29 heavy (non-hydrogen) atoms. The Labute approximate surface area is 171 Å². The van der Waals surface area contributed by atoms with Gasteiger partial charge in [0.25, 0.3) is 5.91 Å². The summed E-state index contributed by atoms with van der Waals surface area (Å²) in [6.07, 6.45) is 0.725. The van der Waals surface area contributed by atoms with Crippen molar-refractivity contribution < 1.29 is 24.3 Å². The third kappa shape index (κ3) is 8.03. The molecular weight excluding hydrogens is 372 g/mol. The van der Waals surface area contributed by atoms with Crippen molar-refractivity contribution in [2.75, 3.05) is 20.0 Å². The summed E-state index contributed by atoms with van der Waals surface area (Å²) in [6.45, 7) is 2.66. The van der Waals surface area contributed by atoms with E-state index in [4.69, 9.17) is 14.7 Å². The van der Waals surface area contributed by atoms with Gasteiger partial charge in [0.15, 0.2) is 0 Å². The van der Waals surface area contributed by atoms with Crippen LogP contribution in [0.5, 0.6) is 0 Å². The number of ether oxygens (including phenoxy) is 2. The van der Waals surface area contributed by atoms with Gasteiger partial charge in [-0.15, -0.1) is 0 Å². The zero-order chi connectivity index (χ0) is 20.9. The smallest absolute Gasteiger partial charge is 0.251 e. The van der Waals surface area contributed by atoms with Gasteiger partial charge in [-0.3, -0.25) is 14.8 Å². The Kier molecular flexibility index (Phi) is 9.85. The molecule has 2 unspecified atom stereocenters. The summed E-state index contributed by atoms with van der Waals surface area (Å²) in [4.78, 5) is 24.8. The molecule has 2 amide bonds. The molecular formula is C22H28N2O5. The second-order valence-corrected chi connectivity index (χ2v) is 6.62. The number of carbonyl (C=O) groups is 2. The number of rotatable bonds is 12. The molecule has 3 N–H and O–H groups in total. The minimum Gasteiger partial charge on any atom is -0.356 e. The maximum atomic E-state index is 12.6. The van der Waals surface area contributed by atoms with Gasteiger partial charge in [0, 0.05) is 18.1 Å². The standard InChI is InChI=1S/C22H28N2O5/c1-2-28-16-29-15-20(23-21(25)18-11-7-4-8-12-18)14-19(22(26)24-27)13-17-9-5-3-6-10-17/h3-12,19-20,27H,2,13-16H2,1H3,(H,23,25)(H,24,26). The predicted molar refractivity (Wildman–Crippen MR) is 108 cm³/mol. The molecule has 0 fully saturated rings.